The van der Waals surface area contributed by atoms with Crippen molar-refractivity contribution < 1.29 is 19.1 Å². The summed E-state index contributed by atoms with van der Waals surface area (Å²) in [6.07, 6.45) is 5.90. The predicted octanol–water partition coefficient (Wildman–Crippen LogP) is 1.78. The first-order chi connectivity index (χ1) is 19.1. The number of rotatable bonds is 5. The van der Waals surface area contributed by atoms with E-state index in [1.165, 1.54) is 0 Å². The average Bonchev–Trinajstić information content (AvgIpc) is 3.36. The first-order valence-electron chi connectivity index (χ1n) is 13.5. The van der Waals surface area contributed by atoms with Gasteiger partial charge in [-0.3, -0.25) is 4.79 Å². The Morgan fingerprint density at radius 1 is 1.07 bits per heavy atom. The van der Waals surface area contributed by atoms with Crippen LogP contribution in [0.2, 0.25) is 0 Å². The quantitative estimate of drug-likeness (QED) is 0.473. The lowest BCUT2D eigenvalue weighted by atomic mass is 10.0. The number of imidazole rings is 1. The third-order valence-corrected chi connectivity index (χ3v) is 6.92. The van der Waals surface area contributed by atoms with Gasteiger partial charge in [-0.1, -0.05) is 0 Å². The molecule has 14 nitrogen and oxygen atoms in total. The molecular weight excluding hydrogens is 516 g/mol. The maximum Gasteiger partial charge on any atom is 0.408 e. The van der Waals surface area contributed by atoms with Gasteiger partial charge in [-0.25, -0.2) is 24.7 Å². The minimum atomic E-state index is -0.686. The van der Waals surface area contributed by atoms with Gasteiger partial charge in [0.2, 0.25) is 17.8 Å². The maximum atomic E-state index is 13.0. The molecule has 40 heavy (non-hydrogen) atoms. The number of carbonyl (C=O) groups is 2. The fraction of sp³-hybridized carbons (Fsp3) is 0.577. The van der Waals surface area contributed by atoms with Gasteiger partial charge >= 0.3 is 6.09 Å². The van der Waals surface area contributed by atoms with Crippen LogP contribution < -0.4 is 16.0 Å². The molecule has 0 aromatic carbocycles. The van der Waals surface area contributed by atoms with Crippen molar-refractivity contribution in [2.24, 2.45) is 0 Å². The highest BCUT2D eigenvalue weighted by molar-refractivity contribution is 5.88. The van der Waals surface area contributed by atoms with E-state index in [2.05, 4.69) is 29.7 Å². The Bertz CT molecular complexity index is 1360. The highest BCUT2D eigenvalue weighted by atomic mass is 16.6. The van der Waals surface area contributed by atoms with Crippen molar-refractivity contribution in [2.75, 3.05) is 50.0 Å². The van der Waals surface area contributed by atoms with Gasteiger partial charge in [-0.05, 0) is 40.5 Å². The molecule has 0 aliphatic carbocycles. The van der Waals surface area contributed by atoms with Gasteiger partial charge in [0, 0.05) is 50.2 Å². The molecule has 3 N–H and O–H groups in total. The third kappa shape index (κ3) is 6.06. The molecule has 2 fully saturated rings. The Kier molecular flexibility index (Phi) is 7.70. The Morgan fingerprint density at radius 2 is 1.75 bits per heavy atom. The second kappa shape index (κ2) is 11.2. The van der Waals surface area contributed by atoms with Crippen LogP contribution in [0.15, 0.2) is 18.7 Å². The third-order valence-electron chi connectivity index (χ3n) is 6.92. The number of nitrogens with zero attached hydrogens (tertiary/aromatic N) is 8. The van der Waals surface area contributed by atoms with Gasteiger partial charge in [-0.2, -0.15) is 4.98 Å². The second-order valence-corrected chi connectivity index (χ2v) is 11.1. The number of alkyl carbamates (subject to hydrolysis) is 1. The summed E-state index contributed by atoms with van der Waals surface area (Å²) in [6, 6.07) is -0.597. The predicted molar refractivity (Wildman–Crippen MR) is 147 cm³/mol. The molecule has 5 heterocycles. The van der Waals surface area contributed by atoms with Crippen molar-refractivity contribution >= 4 is 35.1 Å². The Hall–Kier alpha value is -4.07. The van der Waals surface area contributed by atoms with Crippen LogP contribution >= 0.6 is 0 Å². The fourth-order valence-electron chi connectivity index (χ4n) is 4.92. The molecule has 14 heteroatoms. The smallest absolute Gasteiger partial charge is 0.408 e. The Labute approximate surface area is 232 Å². The number of fused-ring (bicyclic) bond motifs is 1. The van der Waals surface area contributed by atoms with Crippen LogP contribution in [0.3, 0.4) is 0 Å². The summed E-state index contributed by atoms with van der Waals surface area (Å²) in [4.78, 5) is 51.8. The molecule has 0 saturated carbocycles. The Balaban J connectivity index is 1.35. The molecule has 0 bridgehead atoms. The molecule has 2 aliphatic heterocycles. The number of piperidine rings is 1. The molecule has 0 spiro atoms. The number of carbonyl (C=O) groups excluding carboxylic acids is 2. The van der Waals surface area contributed by atoms with Crippen LogP contribution in [0.5, 0.6) is 0 Å². The van der Waals surface area contributed by atoms with Crippen LogP contribution in [-0.4, -0.2) is 97.4 Å². The van der Waals surface area contributed by atoms with E-state index >= 15 is 0 Å². The lowest BCUT2D eigenvalue weighted by Gasteiger charge is -2.34. The summed E-state index contributed by atoms with van der Waals surface area (Å²) in [5, 5.41) is 2.64. The molecule has 2 saturated heterocycles. The number of morpholine rings is 1. The zero-order chi connectivity index (χ0) is 28.4. The number of anilines is 2. The first-order valence-corrected chi connectivity index (χ1v) is 13.5. The van der Waals surface area contributed by atoms with E-state index in [4.69, 9.17) is 25.2 Å². The Morgan fingerprint density at radius 3 is 2.40 bits per heavy atom. The van der Waals surface area contributed by atoms with Gasteiger partial charge in [0.05, 0.1) is 19.5 Å². The molecule has 1 atom stereocenters. The summed E-state index contributed by atoms with van der Waals surface area (Å²) < 4.78 is 12.9. The molecule has 5 rings (SSSR count). The molecule has 214 valence electrons. The lowest BCUT2D eigenvalue weighted by Crippen LogP contribution is -2.50. The van der Waals surface area contributed by atoms with Crippen molar-refractivity contribution in [2.45, 2.75) is 58.2 Å². The van der Waals surface area contributed by atoms with Crippen molar-refractivity contribution in [3.8, 4) is 11.3 Å². The standard InChI is InChI=1S/C26H36N10O4/c1-16(31-25(38)40-26(2,3)4)22(37)34-7-5-18(6-8-34)36-15-30-20-19(17-13-28-23(27)29-14-17)32-24(33-21(20)36)35-9-11-39-12-10-35/h13-16,18H,5-12H2,1-4H3,(H,31,38)(H2,27,28,29)/t16-/m0/s1. The number of ether oxygens (including phenoxy) is 2. The first kappa shape index (κ1) is 27.5. The molecule has 2 amide bonds. The lowest BCUT2D eigenvalue weighted by molar-refractivity contribution is -0.134. The van der Waals surface area contributed by atoms with Crippen molar-refractivity contribution in [3.05, 3.63) is 18.7 Å². The fourth-order valence-corrected chi connectivity index (χ4v) is 4.92. The zero-order valence-electron chi connectivity index (χ0n) is 23.3. The average molecular weight is 553 g/mol. The molecule has 3 aromatic heterocycles. The van der Waals surface area contributed by atoms with Gasteiger partial charge in [-0.15, -0.1) is 0 Å². The van der Waals surface area contributed by atoms with Gasteiger partial charge in [0.1, 0.15) is 22.9 Å². The minimum Gasteiger partial charge on any atom is -0.444 e. The van der Waals surface area contributed by atoms with Gasteiger partial charge in [0.15, 0.2) is 5.65 Å². The van der Waals surface area contributed by atoms with E-state index in [0.717, 1.165) is 0 Å². The largest absolute Gasteiger partial charge is 0.444 e. The SMILES string of the molecule is C[C@H](NC(=O)OC(C)(C)C)C(=O)N1CCC(n2cnc3c(-c4cnc(N)nc4)nc(N4CCOCC4)nc32)CC1. The van der Waals surface area contributed by atoms with E-state index < -0.39 is 17.7 Å². The highest BCUT2D eigenvalue weighted by Gasteiger charge is 2.30. The van der Waals surface area contributed by atoms with E-state index in [1.807, 2.05) is 0 Å². The van der Waals surface area contributed by atoms with Gasteiger partial charge in [0.25, 0.3) is 0 Å². The monoisotopic (exact) mass is 552 g/mol. The van der Waals surface area contributed by atoms with Crippen LogP contribution in [0, 0.1) is 0 Å². The van der Waals surface area contributed by atoms with Crippen LogP contribution in [0.25, 0.3) is 22.4 Å². The number of amides is 2. The number of hydrogen-bond acceptors (Lipinski definition) is 11. The van der Waals surface area contributed by atoms with E-state index in [9.17, 15) is 9.59 Å². The molecule has 0 unspecified atom stereocenters. The summed E-state index contributed by atoms with van der Waals surface area (Å²) in [7, 11) is 0. The van der Waals surface area contributed by atoms with E-state index in [1.54, 1.807) is 51.3 Å². The highest BCUT2D eigenvalue weighted by Crippen LogP contribution is 2.31. The number of hydrogen-bond donors (Lipinski definition) is 2. The number of nitrogens with two attached hydrogens (primary N) is 1. The van der Waals surface area contributed by atoms with Crippen LogP contribution in [0.4, 0.5) is 16.7 Å². The molecule has 2 aliphatic rings. The second-order valence-electron chi connectivity index (χ2n) is 11.1. The minimum absolute atomic E-state index is 0.0890. The van der Waals surface area contributed by atoms with Gasteiger partial charge < -0.3 is 34.9 Å². The number of likely N-dealkylation sites (tertiary alicyclic amines) is 1. The molecule has 0 radical (unpaired) electrons. The summed E-state index contributed by atoms with van der Waals surface area (Å²) in [5.74, 6) is 0.645. The maximum absolute atomic E-state index is 13.0. The number of aromatic nitrogens is 6. The zero-order valence-corrected chi connectivity index (χ0v) is 23.3. The summed E-state index contributed by atoms with van der Waals surface area (Å²) in [6.45, 7) is 10.7. The van der Waals surface area contributed by atoms with E-state index in [0.29, 0.717) is 80.6 Å². The van der Waals surface area contributed by atoms with Crippen molar-refractivity contribution in [1.29, 1.82) is 0 Å². The van der Waals surface area contributed by atoms with Crippen molar-refractivity contribution in [1.82, 2.24) is 39.7 Å². The van der Waals surface area contributed by atoms with Crippen LogP contribution in [-0.2, 0) is 14.3 Å². The number of nitrogens with one attached hydrogen (secondary N) is 1. The summed E-state index contributed by atoms with van der Waals surface area (Å²) in [5.41, 5.74) is 7.79. The number of nitrogen functional groups attached to an aromatic ring is 1. The topological polar surface area (TPSA) is 167 Å². The van der Waals surface area contributed by atoms with Crippen LogP contribution in [0.1, 0.15) is 46.6 Å². The normalized spacial score (nSPS) is 17.6. The molecular formula is C26H36N10O4. The van der Waals surface area contributed by atoms with Crippen molar-refractivity contribution in [3.63, 3.8) is 0 Å². The molecule has 3 aromatic rings. The summed E-state index contributed by atoms with van der Waals surface area (Å²) >= 11 is 0. The van der Waals surface area contributed by atoms with E-state index in [-0.39, 0.29) is 17.9 Å².